The van der Waals surface area contributed by atoms with Crippen LogP contribution in [0.4, 0.5) is 0 Å². The highest BCUT2D eigenvalue weighted by Crippen LogP contribution is 2.02. The van der Waals surface area contributed by atoms with Crippen LogP contribution < -0.4 is 0 Å². The number of carboxylic acids is 1. The van der Waals surface area contributed by atoms with Crippen molar-refractivity contribution >= 4 is 11.9 Å². The molecule has 0 unspecified atom stereocenters. The zero-order valence-electron chi connectivity index (χ0n) is 10.1. The molecule has 0 saturated heterocycles. The predicted octanol–water partition coefficient (Wildman–Crippen LogP) is -0.642. The molecule has 0 atom stereocenters. The van der Waals surface area contributed by atoms with E-state index in [1.165, 1.54) is 11.1 Å². The molecule has 0 saturated carbocycles. The van der Waals surface area contributed by atoms with Crippen LogP contribution in [0, 0.1) is 0 Å². The first-order valence-electron chi connectivity index (χ1n) is 5.42. The van der Waals surface area contributed by atoms with E-state index in [2.05, 4.69) is 20.3 Å². The van der Waals surface area contributed by atoms with Gasteiger partial charge in [0, 0.05) is 19.4 Å². The lowest BCUT2D eigenvalue weighted by Crippen LogP contribution is -2.27. The number of aromatic nitrogens is 5. The first kappa shape index (κ1) is 12.7. The Balaban J connectivity index is 2.02. The minimum absolute atomic E-state index is 0.0929. The number of nitrogens with one attached hydrogen (secondary N) is 1. The number of hydrogen-bond donors (Lipinski definition) is 2. The van der Waals surface area contributed by atoms with Crippen LogP contribution in [-0.2, 0) is 17.9 Å². The summed E-state index contributed by atoms with van der Waals surface area (Å²) in [7, 11) is 1.60. The van der Waals surface area contributed by atoms with Crippen molar-refractivity contribution in [3.63, 3.8) is 0 Å². The fourth-order valence-corrected chi connectivity index (χ4v) is 1.49. The Hall–Kier alpha value is -2.71. The maximum absolute atomic E-state index is 12.0. The van der Waals surface area contributed by atoms with E-state index >= 15 is 0 Å². The predicted molar refractivity (Wildman–Crippen MR) is 62.0 cm³/mol. The van der Waals surface area contributed by atoms with Gasteiger partial charge in [0.1, 0.15) is 12.4 Å². The lowest BCUT2D eigenvalue weighted by Gasteiger charge is -2.13. The molecule has 0 radical (unpaired) electrons. The monoisotopic (exact) mass is 264 g/mol. The van der Waals surface area contributed by atoms with Crippen LogP contribution >= 0.6 is 0 Å². The second kappa shape index (κ2) is 5.29. The van der Waals surface area contributed by atoms with Crippen molar-refractivity contribution in [1.29, 1.82) is 0 Å². The van der Waals surface area contributed by atoms with E-state index in [9.17, 15) is 9.59 Å². The van der Waals surface area contributed by atoms with E-state index in [0.29, 0.717) is 12.4 Å². The van der Waals surface area contributed by atoms with Crippen LogP contribution in [0.25, 0.3) is 0 Å². The summed E-state index contributed by atoms with van der Waals surface area (Å²) in [6.07, 6.45) is 4.56. The molecule has 19 heavy (non-hydrogen) atoms. The van der Waals surface area contributed by atoms with Gasteiger partial charge in [-0.2, -0.15) is 0 Å². The number of carboxylic acid groups (broad SMARTS) is 1. The van der Waals surface area contributed by atoms with Crippen molar-refractivity contribution in [1.82, 2.24) is 29.9 Å². The maximum Gasteiger partial charge on any atom is 0.325 e. The molecular formula is C10H12N6O3. The summed E-state index contributed by atoms with van der Waals surface area (Å²) < 4.78 is 1.09. The van der Waals surface area contributed by atoms with Gasteiger partial charge in [-0.25, -0.2) is 9.67 Å². The molecule has 0 aliphatic heterocycles. The van der Waals surface area contributed by atoms with E-state index < -0.39 is 5.97 Å². The molecule has 2 heterocycles. The molecule has 1 amide bonds. The third-order valence-corrected chi connectivity index (χ3v) is 2.34. The van der Waals surface area contributed by atoms with Gasteiger partial charge in [-0.3, -0.25) is 9.59 Å². The first-order chi connectivity index (χ1) is 9.06. The quantitative estimate of drug-likeness (QED) is 0.741. The number of hydrogen-bond acceptors (Lipinski definition) is 5. The summed E-state index contributed by atoms with van der Waals surface area (Å²) in [6.45, 7) is -0.0280. The summed E-state index contributed by atoms with van der Waals surface area (Å²) in [5, 5.41) is 15.8. The normalized spacial score (nSPS) is 10.4. The summed E-state index contributed by atoms with van der Waals surface area (Å²) in [5.41, 5.74) is 0.0929. The van der Waals surface area contributed by atoms with Gasteiger partial charge >= 0.3 is 5.97 Å². The highest BCUT2D eigenvalue weighted by Gasteiger charge is 2.17. The first-order valence-corrected chi connectivity index (χ1v) is 5.42. The number of carbonyl (C=O) groups excluding carboxylic acids is 1. The zero-order valence-corrected chi connectivity index (χ0v) is 10.1. The highest BCUT2D eigenvalue weighted by molar-refractivity contribution is 5.91. The Morgan fingerprint density at radius 2 is 2.32 bits per heavy atom. The van der Waals surface area contributed by atoms with E-state index in [1.807, 2.05) is 0 Å². The van der Waals surface area contributed by atoms with Crippen molar-refractivity contribution in [2.45, 2.75) is 13.1 Å². The molecule has 0 spiro atoms. The van der Waals surface area contributed by atoms with E-state index in [0.717, 1.165) is 4.68 Å². The average Bonchev–Trinajstić information content (AvgIpc) is 2.98. The molecule has 100 valence electrons. The van der Waals surface area contributed by atoms with E-state index in [-0.39, 0.29) is 18.1 Å². The van der Waals surface area contributed by atoms with Crippen LogP contribution in [0.5, 0.6) is 0 Å². The number of nitrogens with zero attached hydrogens (tertiary/aromatic N) is 5. The molecule has 0 fully saturated rings. The van der Waals surface area contributed by atoms with E-state index in [4.69, 9.17) is 5.11 Å². The number of rotatable bonds is 5. The molecular weight excluding hydrogens is 252 g/mol. The second-order valence-electron chi connectivity index (χ2n) is 3.89. The van der Waals surface area contributed by atoms with Crippen molar-refractivity contribution in [3.05, 3.63) is 30.1 Å². The lowest BCUT2D eigenvalue weighted by atomic mass is 10.4. The number of H-pyrrole nitrogens is 1. The molecule has 0 aromatic carbocycles. The lowest BCUT2D eigenvalue weighted by molar-refractivity contribution is -0.137. The van der Waals surface area contributed by atoms with Gasteiger partial charge in [0.05, 0.1) is 12.7 Å². The summed E-state index contributed by atoms with van der Waals surface area (Å²) in [6, 6.07) is 0. The minimum Gasteiger partial charge on any atom is -0.480 e. The maximum atomic E-state index is 12.0. The Kier molecular flexibility index (Phi) is 3.55. The largest absolute Gasteiger partial charge is 0.480 e. The van der Waals surface area contributed by atoms with Crippen molar-refractivity contribution in [2.75, 3.05) is 7.05 Å². The molecule has 9 heteroatoms. The minimum atomic E-state index is -1.05. The Morgan fingerprint density at radius 3 is 2.95 bits per heavy atom. The summed E-state index contributed by atoms with van der Waals surface area (Å²) >= 11 is 0. The fraction of sp³-hybridized carbons (Fsp3) is 0.300. The van der Waals surface area contributed by atoms with Crippen LogP contribution in [0.15, 0.2) is 18.6 Å². The van der Waals surface area contributed by atoms with Gasteiger partial charge in [0.15, 0.2) is 5.69 Å². The van der Waals surface area contributed by atoms with Crippen molar-refractivity contribution in [3.8, 4) is 0 Å². The SMILES string of the molecule is CN(Cc1ncc[nH]1)C(=O)c1cn(CC(=O)O)nn1. The summed E-state index contributed by atoms with van der Waals surface area (Å²) in [5.74, 6) is -0.755. The van der Waals surface area contributed by atoms with Crippen molar-refractivity contribution < 1.29 is 14.7 Å². The van der Waals surface area contributed by atoms with E-state index in [1.54, 1.807) is 19.4 Å². The Labute approximate surface area is 107 Å². The van der Waals surface area contributed by atoms with Crippen LogP contribution in [0.2, 0.25) is 0 Å². The van der Waals surface area contributed by atoms with Gasteiger partial charge < -0.3 is 15.0 Å². The molecule has 2 aromatic heterocycles. The number of imidazole rings is 1. The third-order valence-electron chi connectivity index (χ3n) is 2.34. The van der Waals surface area contributed by atoms with Gasteiger partial charge in [-0.05, 0) is 0 Å². The average molecular weight is 264 g/mol. The highest BCUT2D eigenvalue weighted by atomic mass is 16.4. The fourth-order valence-electron chi connectivity index (χ4n) is 1.49. The third kappa shape index (κ3) is 3.15. The number of aromatic amines is 1. The number of carbonyl (C=O) groups is 2. The van der Waals surface area contributed by atoms with Gasteiger partial charge in [0.25, 0.3) is 5.91 Å². The topological polar surface area (TPSA) is 117 Å². The molecule has 0 aliphatic rings. The smallest absolute Gasteiger partial charge is 0.325 e. The van der Waals surface area contributed by atoms with Crippen molar-refractivity contribution in [2.24, 2.45) is 0 Å². The molecule has 2 aromatic rings. The number of aliphatic carboxylic acids is 1. The molecule has 2 rings (SSSR count). The molecule has 9 nitrogen and oxygen atoms in total. The van der Waals surface area contributed by atoms with Gasteiger partial charge in [-0.1, -0.05) is 5.21 Å². The summed E-state index contributed by atoms with van der Waals surface area (Å²) in [4.78, 5) is 30.8. The van der Waals surface area contributed by atoms with Crippen LogP contribution in [0.3, 0.4) is 0 Å². The number of amides is 1. The van der Waals surface area contributed by atoms with Crippen LogP contribution in [0.1, 0.15) is 16.3 Å². The Morgan fingerprint density at radius 1 is 1.53 bits per heavy atom. The molecule has 0 aliphatic carbocycles. The van der Waals surface area contributed by atoms with Gasteiger partial charge in [0.2, 0.25) is 0 Å². The van der Waals surface area contributed by atoms with Crippen LogP contribution in [-0.4, -0.2) is 53.9 Å². The molecule has 0 bridgehead atoms. The zero-order chi connectivity index (χ0) is 13.8. The molecule has 2 N–H and O–H groups in total. The second-order valence-corrected chi connectivity index (χ2v) is 3.89. The van der Waals surface area contributed by atoms with Gasteiger partial charge in [-0.15, -0.1) is 5.10 Å². The Bertz CT molecular complexity index is 576. The standard InChI is InChI=1S/C10H12N6O3/c1-15(5-8-11-2-3-12-8)10(19)7-4-16(14-13-7)6-9(17)18/h2-4H,5-6H2,1H3,(H,11,12)(H,17,18).